The average Bonchev–Trinajstić information content (AvgIpc) is 3.96. The Morgan fingerprint density at radius 3 is 2.07 bits per heavy atom. The van der Waals surface area contributed by atoms with E-state index in [0.717, 1.165) is 19.3 Å². The topological polar surface area (TPSA) is 238 Å². The zero-order valence-corrected chi connectivity index (χ0v) is 32.8. The Morgan fingerprint density at radius 2 is 1.46 bits per heavy atom. The van der Waals surface area contributed by atoms with Gasteiger partial charge in [0.15, 0.2) is 6.23 Å². The van der Waals surface area contributed by atoms with E-state index >= 15 is 0 Å². The van der Waals surface area contributed by atoms with Gasteiger partial charge in [0.05, 0.1) is 42.3 Å². The fourth-order valence-electron chi connectivity index (χ4n) is 6.58. The van der Waals surface area contributed by atoms with Crippen LogP contribution in [0.2, 0.25) is 0 Å². The molecule has 0 saturated heterocycles. The van der Waals surface area contributed by atoms with Crippen LogP contribution in [0.4, 0.5) is 17.1 Å². The highest BCUT2D eigenvalue weighted by Gasteiger charge is 2.34. The largest absolute Gasteiger partial charge is 0.433 e. The first kappa shape index (κ1) is 40.7. The number of nitriles is 1. The summed E-state index contributed by atoms with van der Waals surface area (Å²) in [6, 6.07) is 6.49. The first-order valence-electron chi connectivity index (χ1n) is 18.4. The Balaban J connectivity index is 1.10. The van der Waals surface area contributed by atoms with Gasteiger partial charge in [-0.15, -0.1) is 0 Å². The third-order valence-electron chi connectivity index (χ3n) is 9.49. The van der Waals surface area contributed by atoms with Crippen molar-refractivity contribution in [3.8, 4) is 6.07 Å². The minimum absolute atomic E-state index is 0.172. The molecule has 0 radical (unpaired) electrons. The van der Waals surface area contributed by atoms with Crippen molar-refractivity contribution in [2.24, 2.45) is 21.1 Å². The van der Waals surface area contributed by atoms with E-state index in [2.05, 4.69) is 26.0 Å². The zero-order chi connectivity index (χ0) is 40.9. The first-order chi connectivity index (χ1) is 27.2. The van der Waals surface area contributed by atoms with Crippen LogP contribution in [0, 0.1) is 18.3 Å². The fourth-order valence-corrected chi connectivity index (χ4v) is 8.15. The molecule has 0 bridgehead atoms. The third kappa shape index (κ3) is 9.91. The van der Waals surface area contributed by atoms with Crippen molar-refractivity contribution in [1.29, 1.82) is 5.26 Å². The fraction of sp³-hybridized carbons (Fsp3) is 0.405. The number of aryl methyl sites for hydroxylation is 4. The average molecular weight is 805 g/mol. The van der Waals surface area contributed by atoms with Crippen LogP contribution in [0.5, 0.6) is 0 Å². The molecular weight excluding hydrogens is 759 g/mol. The van der Waals surface area contributed by atoms with Gasteiger partial charge >= 0.3 is 13.4 Å². The maximum absolute atomic E-state index is 14.3. The molecule has 1 unspecified atom stereocenters. The van der Waals surface area contributed by atoms with Crippen LogP contribution in [0.25, 0.3) is 0 Å². The summed E-state index contributed by atoms with van der Waals surface area (Å²) in [5, 5.41) is 19.8. The van der Waals surface area contributed by atoms with Crippen molar-refractivity contribution in [3.05, 3.63) is 98.6 Å². The summed E-state index contributed by atoms with van der Waals surface area (Å²) in [6.45, 7) is 1.59. The Hall–Kier alpha value is -5.93. The SMILES string of the molecule is Cc1cn([C@H]2C=C[C@@H](COP(=O)(Nc3cc(C(=O)Nc4cc(C(=O)Nc5cc(C(=O)NCCC#N)n(C)c5)n(C)c4)n(C)c3)OC3CCCCC3)O2)c(=O)[nH]c1=O. The molecule has 3 atom stereocenters. The van der Waals surface area contributed by atoms with Gasteiger partial charge in [-0.1, -0.05) is 25.3 Å². The van der Waals surface area contributed by atoms with Crippen molar-refractivity contribution in [1.82, 2.24) is 28.6 Å². The number of amides is 3. The smallest absolute Gasteiger partial charge is 0.350 e. The predicted octanol–water partition coefficient (Wildman–Crippen LogP) is 4.05. The maximum Gasteiger partial charge on any atom is 0.433 e. The molecule has 1 aliphatic heterocycles. The minimum Gasteiger partial charge on any atom is -0.350 e. The van der Waals surface area contributed by atoms with Gasteiger partial charge in [0.1, 0.15) is 23.2 Å². The van der Waals surface area contributed by atoms with E-state index < -0.39 is 43.1 Å². The highest BCUT2D eigenvalue weighted by molar-refractivity contribution is 7.55. The lowest BCUT2D eigenvalue weighted by molar-refractivity contribution is -0.0101. The molecule has 0 spiro atoms. The van der Waals surface area contributed by atoms with Gasteiger partial charge in [-0.05, 0) is 44.0 Å². The molecule has 3 amide bonds. The zero-order valence-electron chi connectivity index (χ0n) is 31.9. The van der Waals surface area contributed by atoms with Gasteiger partial charge in [0.2, 0.25) is 0 Å². The lowest BCUT2D eigenvalue weighted by Crippen LogP contribution is -2.33. The Labute approximate surface area is 327 Å². The highest BCUT2D eigenvalue weighted by atomic mass is 31.2. The van der Waals surface area contributed by atoms with Crippen LogP contribution in [-0.4, -0.2) is 66.3 Å². The lowest BCUT2D eigenvalue weighted by atomic mass is 9.98. The normalized spacial score (nSPS) is 17.8. The number of carbonyl (C=O) groups is 3. The second kappa shape index (κ2) is 17.5. The van der Waals surface area contributed by atoms with Gasteiger partial charge in [0.25, 0.3) is 23.3 Å². The first-order valence-corrected chi connectivity index (χ1v) is 19.9. The molecular formula is C37H45N10O9P. The van der Waals surface area contributed by atoms with Crippen LogP contribution >= 0.6 is 7.75 Å². The Morgan fingerprint density at radius 1 is 0.877 bits per heavy atom. The van der Waals surface area contributed by atoms with Gasteiger partial charge in [-0.3, -0.25) is 42.9 Å². The molecule has 1 fully saturated rings. The maximum atomic E-state index is 14.3. The van der Waals surface area contributed by atoms with E-state index in [1.165, 1.54) is 29.0 Å². The summed E-state index contributed by atoms with van der Waals surface area (Å²) in [7, 11) is 0.908. The van der Waals surface area contributed by atoms with Crippen molar-refractivity contribution in [2.45, 2.75) is 63.9 Å². The number of nitrogens with zero attached hydrogens (tertiary/aromatic N) is 5. The highest BCUT2D eigenvalue weighted by Crippen LogP contribution is 2.51. The van der Waals surface area contributed by atoms with E-state index in [0.29, 0.717) is 41.2 Å². The second-order valence-corrected chi connectivity index (χ2v) is 15.6. The summed E-state index contributed by atoms with van der Waals surface area (Å²) in [6.07, 6.45) is 12.1. The molecule has 302 valence electrons. The van der Waals surface area contributed by atoms with E-state index in [1.54, 1.807) is 72.5 Å². The Bertz CT molecular complexity index is 2390. The predicted molar refractivity (Wildman–Crippen MR) is 209 cm³/mol. The summed E-state index contributed by atoms with van der Waals surface area (Å²) >= 11 is 0. The number of H-pyrrole nitrogens is 1. The number of hydrogen-bond acceptors (Lipinski definition) is 10. The molecule has 5 heterocycles. The van der Waals surface area contributed by atoms with Crippen LogP contribution in [0.15, 0.2) is 64.7 Å². The van der Waals surface area contributed by atoms with Crippen molar-refractivity contribution >= 4 is 42.5 Å². The van der Waals surface area contributed by atoms with E-state index in [4.69, 9.17) is 19.0 Å². The summed E-state index contributed by atoms with van der Waals surface area (Å²) < 4.78 is 38.2. The van der Waals surface area contributed by atoms with Crippen molar-refractivity contribution < 1.29 is 32.7 Å². The summed E-state index contributed by atoms with van der Waals surface area (Å²) in [4.78, 5) is 65.6. The molecule has 2 aliphatic rings. The molecule has 19 nitrogen and oxygen atoms in total. The quantitative estimate of drug-likeness (QED) is 0.0653. The number of aromatic nitrogens is 5. The lowest BCUT2D eigenvalue weighted by Gasteiger charge is -2.28. The Kier molecular flexibility index (Phi) is 12.5. The molecule has 0 aromatic carbocycles. The molecule has 4 aromatic rings. The van der Waals surface area contributed by atoms with Crippen molar-refractivity contribution in [2.75, 3.05) is 28.9 Å². The van der Waals surface area contributed by atoms with E-state index in [1.807, 2.05) is 6.07 Å². The molecule has 1 aliphatic carbocycles. The molecule has 20 heteroatoms. The standard InChI is InChI=1S/C37H45N10O9P/c1-23-18-47(37(52)42-33(23)48)32-12-11-28(55-32)22-54-57(53,56-27-9-6-5-7-10-27)43-26-17-31(46(4)21-26)36(51)41-25-16-30(45(3)20-25)35(50)40-24-15-29(44(2)19-24)34(49)39-14-8-13-38/h11-12,15-21,27-28,32H,5-10,14,22H2,1-4H3,(H,39,49)(H,40,50)(H,41,51)(H,43,53)(H,42,48,52)/t28-,32+,57?/m0/s1. The summed E-state index contributed by atoms with van der Waals surface area (Å²) in [5.74, 6) is -1.37. The monoisotopic (exact) mass is 804 g/mol. The van der Waals surface area contributed by atoms with Gasteiger partial charge in [-0.25, -0.2) is 9.36 Å². The number of carbonyl (C=O) groups excluding carboxylic acids is 3. The van der Waals surface area contributed by atoms with Crippen LogP contribution in [0.3, 0.4) is 0 Å². The molecule has 5 N–H and O–H groups in total. The molecule has 6 rings (SSSR count). The number of nitrogens with one attached hydrogen (secondary N) is 5. The number of ether oxygens (including phenoxy) is 1. The second-order valence-electron chi connectivity index (χ2n) is 13.9. The third-order valence-corrected chi connectivity index (χ3v) is 11.1. The van der Waals surface area contributed by atoms with E-state index in [9.17, 15) is 28.5 Å². The molecule has 57 heavy (non-hydrogen) atoms. The molecule has 4 aromatic heterocycles. The number of rotatable bonds is 15. The summed E-state index contributed by atoms with van der Waals surface area (Å²) in [5.41, 5.74) is 0.971. The van der Waals surface area contributed by atoms with Crippen LogP contribution in [0.1, 0.15) is 81.8 Å². The van der Waals surface area contributed by atoms with Crippen molar-refractivity contribution in [3.63, 3.8) is 0 Å². The van der Waals surface area contributed by atoms with Gasteiger partial charge < -0.3 is 34.4 Å². The number of anilines is 3. The van der Waals surface area contributed by atoms with Crippen LogP contribution < -0.4 is 32.3 Å². The minimum atomic E-state index is -4.05. The van der Waals surface area contributed by atoms with E-state index in [-0.39, 0.29) is 43.0 Å². The molecule has 1 saturated carbocycles. The number of aromatic amines is 1. The van der Waals surface area contributed by atoms with Gasteiger partial charge in [-0.2, -0.15) is 5.26 Å². The van der Waals surface area contributed by atoms with Crippen LogP contribution in [-0.2, 0) is 39.5 Å². The van der Waals surface area contributed by atoms with Gasteiger partial charge in [0, 0.05) is 58.0 Å². The number of hydrogen-bond donors (Lipinski definition) is 5.